The minimum atomic E-state index is -1.65. The van der Waals surface area contributed by atoms with Crippen molar-refractivity contribution in [3.63, 3.8) is 0 Å². The fourth-order valence-corrected chi connectivity index (χ4v) is 5.54. The van der Waals surface area contributed by atoms with E-state index in [1.165, 1.54) is 58.5 Å². The van der Waals surface area contributed by atoms with Gasteiger partial charge in [-0.2, -0.15) is 0 Å². The molecule has 2 rings (SSSR count). The quantitative estimate of drug-likeness (QED) is 0.0892. The lowest BCUT2D eigenvalue weighted by Crippen LogP contribution is -2.60. The molecule has 0 saturated carbocycles. The van der Waals surface area contributed by atoms with Crippen molar-refractivity contribution in [2.75, 3.05) is 20.3 Å². The van der Waals surface area contributed by atoms with Crippen molar-refractivity contribution >= 4 is 5.91 Å². The number of unbranched alkanes of at least 4 members (excludes halogenated alkanes) is 11. The Balaban J connectivity index is 1.91. The van der Waals surface area contributed by atoms with Crippen LogP contribution < -0.4 is 5.32 Å². The number of aliphatic hydroxyl groups excluding tert-OH is 6. The van der Waals surface area contributed by atoms with Gasteiger partial charge in [-0.3, -0.25) is 4.79 Å². The van der Waals surface area contributed by atoms with Crippen LogP contribution in [0.2, 0.25) is 0 Å². The molecule has 44 heavy (non-hydrogen) atoms. The van der Waals surface area contributed by atoms with Crippen LogP contribution in [0.3, 0.4) is 0 Å². The van der Waals surface area contributed by atoms with Gasteiger partial charge in [0.1, 0.15) is 30.5 Å². The standard InChI is InChI=1S/C33H57NO10/c1-3-4-5-6-7-8-9-10-11-12-13-17-20-25(36)27(37)24(34-32(41)31(42-2)23-18-15-14-16-19-23)22-43-33-30(40)29(39)28(38)26(21-35)44-33/h14-16,18-19,24-31,33,35-40H,3-13,17,20-22H2,1-2H3,(H,34,41)/t24-,25+,26+,27-,28-,29-,30+,31?,33-/m0/s1. The summed E-state index contributed by atoms with van der Waals surface area (Å²) in [6.07, 6.45) is 3.31. The van der Waals surface area contributed by atoms with Crippen molar-refractivity contribution in [2.45, 2.75) is 145 Å². The summed E-state index contributed by atoms with van der Waals surface area (Å²) < 4.78 is 16.4. The minimum absolute atomic E-state index is 0.317. The lowest BCUT2D eigenvalue weighted by molar-refractivity contribution is -0.303. The predicted octanol–water partition coefficient (Wildman–Crippen LogP) is 2.49. The SMILES string of the molecule is CCCCCCCCCCCCCC[C@@H](O)[C@@H](O)[C@H](CO[C@H]1O[C@H](CO)[C@H](O)[C@H](O)[C@H]1O)NC(=O)C(OC)c1ccccc1. The Labute approximate surface area is 262 Å². The Morgan fingerprint density at radius 2 is 1.43 bits per heavy atom. The second-order valence-electron chi connectivity index (χ2n) is 11.9. The fraction of sp³-hybridized carbons (Fsp3) is 0.788. The summed E-state index contributed by atoms with van der Waals surface area (Å²) in [6.45, 7) is 1.19. The molecule has 7 N–H and O–H groups in total. The van der Waals surface area contributed by atoms with Gasteiger partial charge in [-0.25, -0.2) is 0 Å². The summed E-state index contributed by atoms with van der Waals surface area (Å²) >= 11 is 0. The van der Waals surface area contributed by atoms with Crippen LogP contribution in [0.4, 0.5) is 0 Å². The zero-order valence-corrected chi connectivity index (χ0v) is 26.5. The molecule has 9 atom stereocenters. The van der Waals surface area contributed by atoms with Gasteiger partial charge in [-0.05, 0) is 12.0 Å². The van der Waals surface area contributed by atoms with Crippen LogP contribution in [0.25, 0.3) is 0 Å². The summed E-state index contributed by atoms with van der Waals surface area (Å²) in [5, 5.41) is 64.6. The normalized spacial score (nSPS) is 24.9. The molecule has 11 nitrogen and oxygen atoms in total. The van der Waals surface area contributed by atoms with E-state index in [0.717, 1.165) is 19.3 Å². The highest BCUT2D eigenvalue weighted by molar-refractivity contribution is 5.82. The van der Waals surface area contributed by atoms with Gasteiger partial charge in [0, 0.05) is 7.11 Å². The second-order valence-corrected chi connectivity index (χ2v) is 11.9. The summed E-state index contributed by atoms with van der Waals surface area (Å²) in [4.78, 5) is 13.2. The highest BCUT2D eigenvalue weighted by Gasteiger charge is 2.44. The summed E-state index contributed by atoms with van der Waals surface area (Å²) in [5.74, 6) is -0.572. The van der Waals surface area contributed by atoms with Crippen molar-refractivity contribution in [1.29, 1.82) is 0 Å². The summed E-state index contributed by atoms with van der Waals surface area (Å²) in [5.41, 5.74) is 0.590. The van der Waals surface area contributed by atoms with Gasteiger partial charge in [0.2, 0.25) is 0 Å². The van der Waals surface area contributed by atoms with E-state index < -0.39 is 74.2 Å². The van der Waals surface area contributed by atoms with E-state index in [1.807, 2.05) is 0 Å². The van der Waals surface area contributed by atoms with Crippen LogP contribution in [-0.2, 0) is 19.0 Å². The number of carbonyl (C=O) groups excluding carboxylic acids is 1. The Morgan fingerprint density at radius 1 is 0.864 bits per heavy atom. The molecule has 0 aliphatic carbocycles. The Bertz CT molecular complexity index is 875. The first-order valence-corrected chi connectivity index (χ1v) is 16.4. The van der Waals surface area contributed by atoms with Crippen molar-refractivity contribution in [2.24, 2.45) is 0 Å². The highest BCUT2D eigenvalue weighted by Crippen LogP contribution is 2.23. The fourth-order valence-electron chi connectivity index (χ4n) is 5.54. The molecular weight excluding hydrogens is 570 g/mol. The van der Waals surface area contributed by atoms with E-state index in [-0.39, 0.29) is 0 Å². The first kappa shape index (κ1) is 38.5. The van der Waals surface area contributed by atoms with Crippen LogP contribution in [0.15, 0.2) is 30.3 Å². The number of hydrogen-bond donors (Lipinski definition) is 7. The number of hydrogen-bond acceptors (Lipinski definition) is 10. The Morgan fingerprint density at radius 3 is 1.98 bits per heavy atom. The van der Waals surface area contributed by atoms with Gasteiger partial charge in [-0.15, -0.1) is 0 Å². The topological polar surface area (TPSA) is 178 Å². The van der Waals surface area contributed by atoms with Gasteiger partial charge in [0.05, 0.1) is 25.4 Å². The van der Waals surface area contributed by atoms with E-state index in [9.17, 15) is 35.4 Å². The summed E-state index contributed by atoms with van der Waals surface area (Å²) in [6, 6.07) is 7.66. The van der Waals surface area contributed by atoms with Crippen LogP contribution in [0, 0.1) is 0 Å². The second kappa shape index (κ2) is 22.0. The largest absolute Gasteiger partial charge is 0.394 e. The third-order valence-electron chi connectivity index (χ3n) is 8.35. The first-order chi connectivity index (χ1) is 21.2. The first-order valence-electron chi connectivity index (χ1n) is 16.4. The maximum absolute atomic E-state index is 13.2. The number of aliphatic hydroxyl groups is 6. The van der Waals surface area contributed by atoms with E-state index in [2.05, 4.69) is 12.2 Å². The number of ether oxygens (including phenoxy) is 3. The van der Waals surface area contributed by atoms with E-state index in [0.29, 0.717) is 18.4 Å². The molecule has 1 amide bonds. The van der Waals surface area contributed by atoms with Crippen LogP contribution >= 0.6 is 0 Å². The average molecular weight is 628 g/mol. The molecule has 0 bridgehead atoms. The molecule has 11 heteroatoms. The molecule has 1 heterocycles. The molecule has 1 unspecified atom stereocenters. The van der Waals surface area contributed by atoms with Crippen LogP contribution in [0.1, 0.15) is 102 Å². The zero-order chi connectivity index (χ0) is 32.3. The van der Waals surface area contributed by atoms with Gasteiger partial charge >= 0.3 is 0 Å². The predicted molar refractivity (Wildman–Crippen MR) is 166 cm³/mol. The maximum atomic E-state index is 13.2. The minimum Gasteiger partial charge on any atom is -0.394 e. The van der Waals surface area contributed by atoms with Crippen molar-refractivity contribution in [3.05, 3.63) is 35.9 Å². The van der Waals surface area contributed by atoms with Gasteiger partial charge < -0.3 is 50.2 Å². The number of amides is 1. The van der Waals surface area contributed by atoms with Crippen molar-refractivity contribution < 1.29 is 49.6 Å². The number of carbonyl (C=O) groups is 1. The molecule has 1 aromatic rings. The monoisotopic (exact) mass is 627 g/mol. The number of nitrogens with one attached hydrogen (secondary N) is 1. The zero-order valence-electron chi connectivity index (χ0n) is 26.5. The molecule has 0 radical (unpaired) electrons. The maximum Gasteiger partial charge on any atom is 0.254 e. The number of methoxy groups -OCH3 is 1. The smallest absolute Gasteiger partial charge is 0.254 e. The third-order valence-corrected chi connectivity index (χ3v) is 8.35. The molecule has 1 saturated heterocycles. The molecule has 1 aliphatic heterocycles. The van der Waals surface area contributed by atoms with Gasteiger partial charge in [-0.1, -0.05) is 114 Å². The molecule has 0 spiro atoms. The van der Waals surface area contributed by atoms with Crippen molar-refractivity contribution in [1.82, 2.24) is 5.32 Å². The lowest BCUT2D eigenvalue weighted by Gasteiger charge is -2.40. The van der Waals surface area contributed by atoms with Gasteiger partial charge in [0.15, 0.2) is 12.4 Å². The Kier molecular flexibility index (Phi) is 19.2. The van der Waals surface area contributed by atoms with E-state index in [4.69, 9.17) is 14.2 Å². The van der Waals surface area contributed by atoms with Crippen molar-refractivity contribution in [3.8, 4) is 0 Å². The highest BCUT2D eigenvalue weighted by atomic mass is 16.7. The van der Waals surface area contributed by atoms with E-state index in [1.54, 1.807) is 30.3 Å². The molecular formula is C33H57NO10. The Hall–Kier alpha value is -1.67. The number of benzene rings is 1. The summed E-state index contributed by atoms with van der Waals surface area (Å²) in [7, 11) is 1.38. The lowest BCUT2D eigenvalue weighted by atomic mass is 9.98. The molecule has 254 valence electrons. The third kappa shape index (κ3) is 13.0. The van der Waals surface area contributed by atoms with Crippen LogP contribution in [0.5, 0.6) is 0 Å². The van der Waals surface area contributed by atoms with Gasteiger partial charge in [0.25, 0.3) is 5.91 Å². The molecule has 0 aromatic heterocycles. The van der Waals surface area contributed by atoms with Crippen LogP contribution in [-0.4, -0.2) is 106 Å². The molecule has 1 fully saturated rings. The number of rotatable bonds is 23. The molecule has 1 aliphatic rings. The van der Waals surface area contributed by atoms with E-state index >= 15 is 0 Å². The average Bonchev–Trinajstić information content (AvgIpc) is 3.03. The molecule has 1 aromatic carbocycles.